The summed E-state index contributed by atoms with van der Waals surface area (Å²) in [5.74, 6) is 0. The van der Waals surface area contributed by atoms with E-state index in [4.69, 9.17) is 21.1 Å². The zero-order valence-electron chi connectivity index (χ0n) is 13.0. The second kappa shape index (κ2) is 7.51. The Balaban J connectivity index is 1.68. The molecule has 3 rings (SSSR count). The number of hydrogen-bond donors (Lipinski definition) is 3. The maximum atomic E-state index is 11.9. The quantitative estimate of drug-likeness (QED) is 0.686. The first-order valence-corrected chi connectivity index (χ1v) is 7.99. The van der Waals surface area contributed by atoms with Crippen LogP contribution in [0.2, 0.25) is 5.02 Å². The van der Waals surface area contributed by atoms with Crippen LogP contribution in [-0.2, 0) is 16.1 Å². The average Bonchev–Trinajstić information content (AvgIpc) is 2.88. The molecule has 25 heavy (non-hydrogen) atoms. The van der Waals surface area contributed by atoms with E-state index in [9.17, 15) is 19.8 Å². The number of H-pyrrole nitrogens is 1. The third-order valence-corrected chi connectivity index (χ3v) is 4.20. The molecule has 4 atom stereocenters. The third-order valence-electron chi connectivity index (χ3n) is 3.93. The summed E-state index contributed by atoms with van der Waals surface area (Å²) in [6, 6.07) is 9.44. The van der Waals surface area contributed by atoms with Gasteiger partial charge >= 0.3 is 5.69 Å². The van der Waals surface area contributed by atoms with Crippen molar-refractivity contribution < 1.29 is 19.7 Å². The molecule has 1 aromatic carbocycles. The zero-order chi connectivity index (χ0) is 18.0. The zero-order valence-corrected chi connectivity index (χ0v) is 13.8. The molecule has 0 bridgehead atoms. The molecule has 1 aliphatic rings. The number of aliphatic hydroxyl groups excluding tert-OH is 2. The van der Waals surface area contributed by atoms with Gasteiger partial charge in [0.05, 0.1) is 13.2 Å². The monoisotopic (exact) mass is 368 g/mol. The molecule has 2 aromatic rings. The third kappa shape index (κ3) is 3.83. The summed E-state index contributed by atoms with van der Waals surface area (Å²) >= 11 is 5.71. The van der Waals surface area contributed by atoms with Gasteiger partial charge in [0.25, 0.3) is 5.56 Å². The molecule has 3 N–H and O–H groups in total. The number of halogens is 1. The van der Waals surface area contributed by atoms with Crippen molar-refractivity contribution in [2.75, 3.05) is 6.61 Å². The van der Waals surface area contributed by atoms with Gasteiger partial charge < -0.3 is 19.7 Å². The van der Waals surface area contributed by atoms with E-state index in [2.05, 4.69) is 0 Å². The molecular weight excluding hydrogens is 352 g/mol. The molecule has 0 radical (unpaired) electrons. The van der Waals surface area contributed by atoms with Crippen molar-refractivity contribution >= 4 is 11.6 Å². The van der Waals surface area contributed by atoms with Gasteiger partial charge in [0.1, 0.15) is 23.3 Å². The summed E-state index contributed by atoms with van der Waals surface area (Å²) in [4.78, 5) is 25.2. The average molecular weight is 369 g/mol. The predicted molar refractivity (Wildman–Crippen MR) is 88.4 cm³/mol. The minimum Gasteiger partial charge on any atom is -0.387 e. The SMILES string of the molecule is O=c1[nH]c(=O)n([C@@H]2O[C@H](COCc3ccccc3)[C@@H](O)[C@H]2O)cc1Cl. The van der Waals surface area contributed by atoms with Crippen LogP contribution in [0, 0.1) is 0 Å². The number of rotatable bonds is 5. The van der Waals surface area contributed by atoms with Crippen LogP contribution in [0.3, 0.4) is 0 Å². The first kappa shape index (κ1) is 17.8. The topological polar surface area (TPSA) is 114 Å². The van der Waals surface area contributed by atoms with Crippen molar-refractivity contribution in [3.8, 4) is 0 Å². The van der Waals surface area contributed by atoms with Gasteiger partial charge in [-0.25, -0.2) is 4.79 Å². The highest BCUT2D eigenvalue weighted by Crippen LogP contribution is 2.28. The van der Waals surface area contributed by atoms with Crippen molar-refractivity contribution in [3.05, 3.63) is 68.0 Å². The summed E-state index contributed by atoms with van der Waals surface area (Å²) in [6.07, 6.45) is -3.57. The van der Waals surface area contributed by atoms with Gasteiger partial charge in [-0.05, 0) is 5.56 Å². The van der Waals surface area contributed by atoms with Crippen molar-refractivity contribution in [2.45, 2.75) is 31.1 Å². The molecule has 1 aromatic heterocycles. The minimum absolute atomic E-state index is 0.0233. The van der Waals surface area contributed by atoms with E-state index in [1.54, 1.807) is 0 Å². The Hall–Kier alpha value is -1.97. The normalized spacial score (nSPS) is 26.0. The van der Waals surface area contributed by atoms with E-state index in [-0.39, 0.29) is 11.6 Å². The van der Waals surface area contributed by atoms with E-state index in [0.717, 1.165) is 16.3 Å². The minimum atomic E-state index is -1.37. The van der Waals surface area contributed by atoms with Crippen LogP contribution < -0.4 is 11.2 Å². The Kier molecular flexibility index (Phi) is 5.36. The summed E-state index contributed by atoms with van der Waals surface area (Å²) in [5, 5.41) is 20.1. The maximum Gasteiger partial charge on any atom is 0.330 e. The fourth-order valence-corrected chi connectivity index (χ4v) is 2.77. The highest BCUT2D eigenvalue weighted by Gasteiger charge is 2.44. The fourth-order valence-electron chi connectivity index (χ4n) is 2.61. The number of aliphatic hydroxyl groups is 2. The molecule has 1 saturated heterocycles. The summed E-state index contributed by atoms with van der Waals surface area (Å²) in [7, 11) is 0. The molecule has 2 heterocycles. The number of benzene rings is 1. The van der Waals surface area contributed by atoms with Gasteiger partial charge in [0, 0.05) is 6.20 Å². The molecule has 1 fully saturated rings. The van der Waals surface area contributed by atoms with Crippen molar-refractivity contribution in [2.24, 2.45) is 0 Å². The first-order valence-electron chi connectivity index (χ1n) is 7.61. The molecular formula is C16H17ClN2O6. The van der Waals surface area contributed by atoms with Crippen LogP contribution in [0.25, 0.3) is 0 Å². The molecule has 0 aliphatic carbocycles. The van der Waals surface area contributed by atoms with Crippen LogP contribution in [0.15, 0.2) is 46.1 Å². The largest absolute Gasteiger partial charge is 0.387 e. The lowest BCUT2D eigenvalue weighted by atomic mass is 10.1. The van der Waals surface area contributed by atoms with Crippen molar-refractivity contribution in [1.29, 1.82) is 0 Å². The van der Waals surface area contributed by atoms with E-state index in [1.807, 2.05) is 35.3 Å². The molecule has 9 heteroatoms. The van der Waals surface area contributed by atoms with Crippen LogP contribution in [0.5, 0.6) is 0 Å². The lowest BCUT2D eigenvalue weighted by Crippen LogP contribution is -2.38. The van der Waals surface area contributed by atoms with E-state index < -0.39 is 35.8 Å². The van der Waals surface area contributed by atoms with Gasteiger partial charge in [-0.1, -0.05) is 41.9 Å². The van der Waals surface area contributed by atoms with Gasteiger partial charge in [-0.3, -0.25) is 14.3 Å². The summed E-state index contributed by atoms with van der Waals surface area (Å²) in [5.41, 5.74) is -0.578. The molecule has 1 aliphatic heterocycles. The first-order chi connectivity index (χ1) is 12.0. The van der Waals surface area contributed by atoms with Crippen LogP contribution in [-0.4, -0.2) is 44.7 Å². The van der Waals surface area contributed by atoms with E-state index >= 15 is 0 Å². The Morgan fingerprint density at radius 2 is 1.92 bits per heavy atom. The van der Waals surface area contributed by atoms with E-state index in [1.165, 1.54) is 0 Å². The Bertz CT molecular complexity index is 837. The lowest BCUT2D eigenvalue weighted by molar-refractivity contribution is -0.0711. The van der Waals surface area contributed by atoms with Gasteiger partial charge in [-0.15, -0.1) is 0 Å². The highest BCUT2D eigenvalue weighted by molar-refractivity contribution is 6.30. The second-order valence-electron chi connectivity index (χ2n) is 5.69. The van der Waals surface area contributed by atoms with Gasteiger partial charge in [-0.2, -0.15) is 0 Å². The van der Waals surface area contributed by atoms with Crippen LogP contribution in [0.1, 0.15) is 11.8 Å². The molecule has 0 spiro atoms. The Morgan fingerprint density at radius 1 is 1.20 bits per heavy atom. The maximum absolute atomic E-state index is 11.9. The van der Waals surface area contributed by atoms with Gasteiger partial charge in [0.2, 0.25) is 0 Å². The molecule has 0 saturated carbocycles. The second-order valence-corrected chi connectivity index (χ2v) is 6.10. The van der Waals surface area contributed by atoms with Gasteiger partial charge in [0.15, 0.2) is 6.23 Å². The number of ether oxygens (including phenoxy) is 2. The molecule has 8 nitrogen and oxygen atoms in total. The lowest BCUT2D eigenvalue weighted by Gasteiger charge is -2.17. The smallest absolute Gasteiger partial charge is 0.330 e. The fraction of sp³-hybridized carbons (Fsp3) is 0.375. The number of aromatic nitrogens is 2. The Labute approximate surface area is 147 Å². The molecule has 0 amide bonds. The van der Waals surface area contributed by atoms with Crippen LogP contribution >= 0.6 is 11.6 Å². The summed E-state index contributed by atoms with van der Waals surface area (Å²) in [6.45, 7) is 0.341. The Morgan fingerprint density at radius 3 is 2.64 bits per heavy atom. The van der Waals surface area contributed by atoms with Crippen molar-refractivity contribution in [1.82, 2.24) is 9.55 Å². The molecule has 134 valence electrons. The van der Waals surface area contributed by atoms with Crippen molar-refractivity contribution in [3.63, 3.8) is 0 Å². The highest BCUT2D eigenvalue weighted by atomic mass is 35.5. The predicted octanol–water partition coefficient (Wildman–Crippen LogP) is 0.0260. The number of nitrogens with zero attached hydrogens (tertiary/aromatic N) is 1. The summed E-state index contributed by atoms with van der Waals surface area (Å²) < 4.78 is 12.0. The standard InChI is InChI=1S/C16H17ClN2O6/c17-10-6-19(16(23)18-14(10)22)15-13(21)12(20)11(25-15)8-24-7-9-4-2-1-3-5-9/h1-6,11-13,15,20-21H,7-8H2,(H,18,22,23)/t11-,12-,13-,15-/m1/s1. The number of aromatic amines is 1. The number of nitrogens with one attached hydrogen (secondary N) is 1. The molecule has 0 unspecified atom stereocenters. The van der Waals surface area contributed by atoms with Crippen LogP contribution in [0.4, 0.5) is 0 Å². The van der Waals surface area contributed by atoms with E-state index in [0.29, 0.717) is 6.61 Å². The number of hydrogen-bond acceptors (Lipinski definition) is 6.